The third-order valence-electron chi connectivity index (χ3n) is 7.53. The van der Waals surface area contributed by atoms with E-state index in [1.54, 1.807) is 49.0 Å². The largest absolute Gasteiger partial charge is 0.496 e. The zero-order valence-corrected chi connectivity index (χ0v) is 25.1. The van der Waals surface area contributed by atoms with Gasteiger partial charge in [0.05, 0.1) is 40.6 Å². The third kappa shape index (κ3) is 7.66. The maximum atomic E-state index is 13.7. The van der Waals surface area contributed by atoms with E-state index in [-0.39, 0.29) is 19.2 Å². The minimum atomic E-state index is -1.22. The molecule has 0 aromatic heterocycles. The fourth-order valence-electron chi connectivity index (χ4n) is 5.17. The first kappa shape index (κ1) is 31.0. The van der Waals surface area contributed by atoms with Crippen molar-refractivity contribution in [1.82, 2.24) is 4.90 Å². The van der Waals surface area contributed by atoms with Crippen molar-refractivity contribution in [1.29, 1.82) is 0 Å². The Kier molecular flexibility index (Phi) is 10.9. The molecule has 2 aromatic carbocycles. The maximum absolute atomic E-state index is 13.7. The molecule has 1 heterocycles. The summed E-state index contributed by atoms with van der Waals surface area (Å²) < 4.78 is 27.4. The van der Waals surface area contributed by atoms with Gasteiger partial charge in [-0.15, -0.1) is 0 Å². The number of hydrogen-bond donors (Lipinski definition) is 0. The number of urea groups is 1. The van der Waals surface area contributed by atoms with Gasteiger partial charge in [-0.1, -0.05) is 25.0 Å². The first-order valence-electron chi connectivity index (χ1n) is 14.8. The highest BCUT2D eigenvalue weighted by Gasteiger charge is 2.33. The van der Waals surface area contributed by atoms with Crippen LogP contribution >= 0.6 is 0 Å². The van der Waals surface area contributed by atoms with E-state index < -0.39 is 17.9 Å². The van der Waals surface area contributed by atoms with Crippen molar-refractivity contribution in [3.8, 4) is 17.2 Å². The third-order valence-corrected chi connectivity index (χ3v) is 7.53. The zero-order valence-electron chi connectivity index (χ0n) is 25.1. The number of nitrogens with zero attached hydrogens (tertiary/aromatic N) is 2. The van der Waals surface area contributed by atoms with E-state index >= 15 is 0 Å². The van der Waals surface area contributed by atoms with Crippen LogP contribution in [-0.2, 0) is 25.6 Å². The van der Waals surface area contributed by atoms with Crippen molar-refractivity contribution < 1.29 is 38.1 Å². The monoisotopic (exact) mass is 582 g/mol. The minimum Gasteiger partial charge on any atom is -0.496 e. The number of anilines is 1. The van der Waals surface area contributed by atoms with Gasteiger partial charge in [-0.25, -0.2) is 4.79 Å². The van der Waals surface area contributed by atoms with Crippen LogP contribution < -0.4 is 19.1 Å². The summed E-state index contributed by atoms with van der Waals surface area (Å²) in [6.45, 7) is 5.70. The van der Waals surface area contributed by atoms with Crippen LogP contribution in [0, 0.1) is 5.92 Å². The van der Waals surface area contributed by atoms with Gasteiger partial charge in [0.15, 0.2) is 17.4 Å². The summed E-state index contributed by atoms with van der Waals surface area (Å²) in [5, 5.41) is 0. The van der Waals surface area contributed by atoms with Gasteiger partial charge in [0.25, 0.3) is 0 Å². The van der Waals surface area contributed by atoms with Gasteiger partial charge in [0.2, 0.25) is 0 Å². The van der Waals surface area contributed by atoms with Gasteiger partial charge in [-0.2, -0.15) is 0 Å². The standard InChI is InChI=1S/C32H42N2O8/c1-5-40-30(35)29(31(36)41-6-2)23-12-13-24(27(19-23)39-4)21-33-16-8-17-34(32(33)37)25-14-15-26(38-3)28(20-25)42-18-7-9-22-10-11-22/h12-15,19-20,22,29H,5-11,16-18,21H2,1-4H3. The Hall–Kier alpha value is -3.95. The molecule has 2 aromatic rings. The lowest BCUT2D eigenvalue weighted by atomic mass is 9.97. The molecule has 10 nitrogen and oxygen atoms in total. The summed E-state index contributed by atoms with van der Waals surface area (Å²) in [7, 11) is 3.13. The van der Waals surface area contributed by atoms with Crippen LogP contribution in [0.15, 0.2) is 36.4 Å². The number of ether oxygens (including phenoxy) is 5. The second-order valence-corrected chi connectivity index (χ2v) is 10.5. The van der Waals surface area contributed by atoms with Gasteiger partial charge >= 0.3 is 18.0 Å². The van der Waals surface area contributed by atoms with E-state index in [4.69, 9.17) is 23.7 Å². The van der Waals surface area contributed by atoms with Crippen molar-refractivity contribution in [2.75, 3.05) is 52.0 Å². The topological polar surface area (TPSA) is 104 Å². The van der Waals surface area contributed by atoms with E-state index in [0.29, 0.717) is 49.1 Å². The second-order valence-electron chi connectivity index (χ2n) is 10.5. The molecule has 42 heavy (non-hydrogen) atoms. The molecule has 1 saturated carbocycles. The number of carbonyl (C=O) groups excluding carboxylic acids is 3. The summed E-state index contributed by atoms with van der Waals surface area (Å²) in [4.78, 5) is 42.4. The molecule has 0 atom stereocenters. The molecule has 0 radical (unpaired) electrons. The summed E-state index contributed by atoms with van der Waals surface area (Å²) in [6, 6.07) is 10.5. The molecule has 228 valence electrons. The van der Waals surface area contributed by atoms with E-state index in [0.717, 1.165) is 30.0 Å². The number of methoxy groups -OCH3 is 2. The van der Waals surface area contributed by atoms with Gasteiger partial charge < -0.3 is 28.6 Å². The van der Waals surface area contributed by atoms with Gasteiger partial charge in [0, 0.05) is 30.4 Å². The molecule has 2 fully saturated rings. The second kappa shape index (κ2) is 14.8. The smallest absolute Gasteiger partial charge is 0.324 e. The van der Waals surface area contributed by atoms with E-state index in [1.165, 1.54) is 26.4 Å². The fraction of sp³-hybridized carbons (Fsp3) is 0.531. The lowest BCUT2D eigenvalue weighted by Crippen LogP contribution is -2.49. The first-order chi connectivity index (χ1) is 20.4. The average Bonchev–Trinajstić information content (AvgIpc) is 3.82. The SMILES string of the molecule is CCOC(=O)C(C(=O)OCC)c1ccc(CN2CCCN(c3ccc(OC)c(OCCCC4CC4)c3)C2=O)c(OC)c1. The molecular formula is C32H42N2O8. The van der Waals surface area contributed by atoms with Crippen molar-refractivity contribution in [2.24, 2.45) is 5.92 Å². The highest BCUT2D eigenvalue weighted by Crippen LogP contribution is 2.36. The Morgan fingerprint density at radius 1 is 0.905 bits per heavy atom. The van der Waals surface area contributed by atoms with Crippen molar-refractivity contribution >= 4 is 23.7 Å². The van der Waals surface area contributed by atoms with Gasteiger partial charge in [-0.3, -0.25) is 14.5 Å². The summed E-state index contributed by atoms with van der Waals surface area (Å²) in [6.07, 6.45) is 5.60. The average molecular weight is 583 g/mol. The summed E-state index contributed by atoms with van der Waals surface area (Å²) in [5.41, 5.74) is 1.90. The number of benzene rings is 2. The Morgan fingerprint density at radius 3 is 2.26 bits per heavy atom. The van der Waals surface area contributed by atoms with Crippen molar-refractivity contribution in [3.63, 3.8) is 0 Å². The van der Waals surface area contributed by atoms with Crippen LogP contribution in [0.4, 0.5) is 10.5 Å². The van der Waals surface area contributed by atoms with Crippen LogP contribution in [-0.4, -0.2) is 70.0 Å². The minimum absolute atomic E-state index is 0.131. The summed E-state index contributed by atoms with van der Waals surface area (Å²) in [5.74, 6) is -0.00428. The quantitative estimate of drug-likeness (QED) is 0.158. The van der Waals surface area contributed by atoms with Crippen LogP contribution in [0.25, 0.3) is 0 Å². The number of amides is 2. The van der Waals surface area contributed by atoms with E-state index in [1.807, 2.05) is 18.2 Å². The molecular weight excluding hydrogens is 540 g/mol. The van der Waals surface area contributed by atoms with Gasteiger partial charge in [-0.05, 0) is 62.8 Å². The van der Waals surface area contributed by atoms with E-state index in [2.05, 4.69) is 0 Å². The molecule has 2 aliphatic rings. The normalized spacial score (nSPS) is 15.0. The van der Waals surface area contributed by atoms with Crippen LogP contribution in [0.2, 0.25) is 0 Å². The van der Waals surface area contributed by atoms with Crippen molar-refractivity contribution in [2.45, 2.75) is 58.4 Å². The first-order valence-corrected chi connectivity index (χ1v) is 14.8. The maximum Gasteiger partial charge on any atom is 0.324 e. The summed E-state index contributed by atoms with van der Waals surface area (Å²) >= 11 is 0. The number of rotatable bonds is 15. The molecule has 4 rings (SSSR count). The Bertz CT molecular complexity index is 1230. The molecule has 1 aliphatic carbocycles. The zero-order chi connectivity index (χ0) is 30.1. The fourth-order valence-corrected chi connectivity index (χ4v) is 5.17. The lowest BCUT2D eigenvalue weighted by Gasteiger charge is -2.36. The molecule has 0 unspecified atom stereocenters. The molecule has 0 bridgehead atoms. The van der Waals surface area contributed by atoms with E-state index in [9.17, 15) is 14.4 Å². The molecule has 10 heteroatoms. The Balaban J connectivity index is 1.49. The molecule has 1 saturated heterocycles. The lowest BCUT2D eigenvalue weighted by molar-refractivity contribution is -0.156. The van der Waals surface area contributed by atoms with Gasteiger partial charge in [0.1, 0.15) is 5.75 Å². The molecule has 0 N–H and O–H groups in total. The number of esters is 2. The Labute approximate surface area is 247 Å². The predicted octanol–water partition coefficient (Wildman–Crippen LogP) is 5.31. The van der Waals surface area contributed by atoms with Crippen LogP contribution in [0.3, 0.4) is 0 Å². The highest BCUT2D eigenvalue weighted by molar-refractivity contribution is 6.01. The van der Waals surface area contributed by atoms with Crippen LogP contribution in [0.1, 0.15) is 63.0 Å². The Morgan fingerprint density at radius 2 is 1.62 bits per heavy atom. The predicted molar refractivity (Wildman–Crippen MR) is 157 cm³/mol. The molecule has 1 aliphatic heterocycles. The van der Waals surface area contributed by atoms with Crippen molar-refractivity contribution in [3.05, 3.63) is 47.5 Å². The number of carbonyl (C=O) groups is 3. The molecule has 2 amide bonds. The number of hydrogen-bond acceptors (Lipinski definition) is 8. The van der Waals surface area contributed by atoms with Crippen LogP contribution in [0.5, 0.6) is 17.2 Å². The highest BCUT2D eigenvalue weighted by atomic mass is 16.6. The molecule has 0 spiro atoms.